The van der Waals surface area contributed by atoms with Crippen LogP contribution in [0, 0.1) is 5.92 Å². The summed E-state index contributed by atoms with van der Waals surface area (Å²) in [6.45, 7) is 10.2. The Labute approximate surface area is 216 Å². The van der Waals surface area contributed by atoms with E-state index in [0.29, 0.717) is 5.75 Å². The normalized spacial score (nSPS) is 28.4. The summed E-state index contributed by atoms with van der Waals surface area (Å²) >= 11 is 0. The molecule has 0 radical (unpaired) electrons. The van der Waals surface area contributed by atoms with Crippen LogP contribution in [0.5, 0.6) is 5.75 Å². The average Bonchev–Trinajstić information content (AvgIpc) is 3.01. The molecule has 2 fully saturated rings. The second kappa shape index (κ2) is 11.4. The quantitative estimate of drug-likeness (QED) is 0.375. The van der Waals surface area contributed by atoms with Crippen molar-refractivity contribution in [3.63, 3.8) is 0 Å². The van der Waals surface area contributed by atoms with E-state index in [4.69, 9.17) is 33.0 Å². The van der Waals surface area contributed by atoms with Gasteiger partial charge in [0, 0.05) is 26.9 Å². The fourth-order valence-corrected chi connectivity index (χ4v) is 4.30. The number of ether oxygens (including phenoxy) is 5. The van der Waals surface area contributed by atoms with E-state index < -0.39 is 73.2 Å². The topological polar surface area (TPSA) is 136 Å². The minimum Gasteiger partial charge on any atom is -0.491 e. The highest BCUT2D eigenvalue weighted by atomic mass is 16.7. The number of carboxylic acid groups (broad SMARTS) is 1. The number of rotatable bonds is 9. The van der Waals surface area contributed by atoms with Crippen molar-refractivity contribution in [3.05, 3.63) is 24.3 Å². The molecule has 0 amide bonds. The summed E-state index contributed by atoms with van der Waals surface area (Å²) in [6.07, 6.45) is -4.62. The molecule has 11 nitrogen and oxygen atoms in total. The molecule has 37 heavy (non-hydrogen) atoms. The van der Waals surface area contributed by atoms with Crippen LogP contribution in [-0.2, 0) is 42.6 Å². The van der Waals surface area contributed by atoms with E-state index in [1.807, 2.05) is 39.8 Å². The predicted octanol–water partition coefficient (Wildman–Crippen LogP) is 1.69. The number of hydrogen-bond donors (Lipinski definition) is 1. The minimum absolute atomic E-state index is 0.0712. The Morgan fingerprint density at radius 1 is 0.946 bits per heavy atom. The number of hydrogen-bond acceptors (Lipinski definition) is 10. The first kappa shape index (κ1) is 28.9. The molecule has 2 heterocycles. The van der Waals surface area contributed by atoms with E-state index in [1.165, 1.54) is 21.0 Å². The van der Waals surface area contributed by atoms with Gasteiger partial charge in [-0.3, -0.25) is 14.4 Å². The molecule has 12 heteroatoms. The molecular formula is C25H35BO11. The zero-order valence-electron chi connectivity index (χ0n) is 22.2. The van der Waals surface area contributed by atoms with Gasteiger partial charge in [0.05, 0.1) is 17.6 Å². The van der Waals surface area contributed by atoms with E-state index in [9.17, 15) is 19.5 Å². The summed E-state index contributed by atoms with van der Waals surface area (Å²) in [7, 11) is 0.821. The molecule has 0 aromatic heterocycles. The molecule has 0 aliphatic carbocycles. The van der Waals surface area contributed by atoms with Crippen molar-refractivity contribution in [2.45, 2.75) is 83.8 Å². The average molecular weight is 522 g/mol. The van der Waals surface area contributed by atoms with Gasteiger partial charge in [-0.05, 0) is 45.3 Å². The Balaban J connectivity index is 1.76. The van der Waals surface area contributed by atoms with Gasteiger partial charge in [-0.25, -0.2) is 0 Å². The van der Waals surface area contributed by atoms with Gasteiger partial charge in [-0.2, -0.15) is 0 Å². The van der Waals surface area contributed by atoms with Crippen molar-refractivity contribution >= 4 is 30.5 Å². The molecule has 2 saturated heterocycles. The number of carboxylic acids is 1. The van der Waals surface area contributed by atoms with Gasteiger partial charge in [-0.1, -0.05) is 12.1 Å². The summed E-state index contributed by atoms with van der Waals surface area (Å²) in [5.74, 6) is -2.83. The van der Waals surface area contributed by atoms with Crippen molar-refractivity contribution in [1.29, 1.82) is 0 Å². The van der Waals surface area contributed by atoms with Gasteiger partial charge in [0.25, 0.3) is 0 Å². The van der Waals surface area contributed by atoms with Gasteiger partial charge in [0.2, 0.25) is 0 Å². The number of methoxy groups -OCH3 is 1. The molecule has 1 aromatic carbocycles. The van der Waals surface area contributed by atoms with Crippen molar-refractivity contribution in [2.24, 2.45) is 5.92 Å². The van der Waals surface area contributed by atoms with Crippen LogP contribution in [0.1, 0.15) is 48.0 Å². The highest BCUT2D eigenvalue weighted by molar-refractivity contribution is 6.62. The third-order valence-corrected chi connectivity index (χ3v) is 6.87. The predicted molar refractivity (Wildman–Crippen MR) is 130 cm³/mol. The molecule has 0 saturated carbocycles. The van der Waals surface area contributed by atoms with E-state index in [0.717, 1.165) is 5.46 Å². The van der Waals surface area contributed by atoms with Crippen LogP contribution in [0.3, 0.4) is 0 Å². The van der Waals surface area contributed by atoms with Crippen LogP contribution in [0.25, 0.3) is 0 Å². The maximum Gasteiger partial charge on any atom is 0.494 e. The number of carbonyl (C=O) groups excluding carboxylic acids is 2. The van der Waals surface area contributed by atoms with E-state index in [1.54, 1.807) is 12.1 Å². The van der Waals surface area contributed by atoms with Crippen LogP contribution < -0.4 is 10.2 Å². The van der Waals surface area contributed by atoms with Crippen molar-refractivity contribution in [3.8, 4) is 5.75 Å². The van der Waals surface area contributed by atoms with Gasteiger partial charge in [0.15, 0.2) is 12.4 Å². The van der Waals surface area contributed by atoms with E-state index >= 15 is 0 Å². The van der Waals surface area contributed by atoms with Gasteiger partial charge >= 0.3 is 25.0 Å². The molecule has 2 aliphatic heterocycles. The summed E-state index contributed by atoms with van der Waals surface area (Å²) in [5, 5.41) is 9.52. The SMILES string of the molecule is COC1O[C@@H](COc2ccc(B3OC(C)(C)C(C)(C)O3)cc2)C(CC(=O)O)C(OC(C)=O)C1OC(C)=O. The molecule has 0 bridgehead atoms. The first-order valence-electron chi connectivity index (χ1n) is 12.1. The van der Waals surface area contributed by atoms with Crippen LogP contribution in [0.2, 0.25) is 0 Å². The lowest BCUT2D eigenvalue weighted by Crippen LogP contribution is -2.59. The van der Waals surface area contributed by atoms with E-state index in [-0.39, 0.29) is 6.61 Å². The van der Waals surface area contributed by atoms with Crippen molar-refractivity contribution in [1.82, 2.24) is 0 Å². The number of benzene rings is 1. The fraction of sp³-hybridized carbons (Fsp3) is 0.640. The van der Waals surface area contributed by atoms with Crippen molar-refractivity contribution < 1.29 is 52.5 Å². The Bertz CT molecular complexity index is 961. The standard InChI is InChI=1S/C25H35BO11/c1-14(27)33-21-18(12-20(29)30)19(35-23(31-7)22(21)34-15(2)28)13-32-17-10-8-16(9-11-17)26-36-24(3,4)25(5,6)37-26/h8-11,18-19,21-23H,12-13H2,1-7H3,(H,29,30)/t18?,19-,21?,22?,23?/m0/s1. The Hall–Kier alpha value is -2.67. The third-order valence-electron chi connectivity index (χ3n) is 6.87. The van der Waals surface area contributed by atoms with E-state index in [2.05, 4.69) is 0 Å². The molecule has 204 valence electrons. The van der Waals surface area contributed by atoms with Crippen LogP contribution in [0.4, 0.5) is 0 Å². The van der Waals surface area contributed by atoms with Crippen molar-refractivity contribution in [2.75, 3.05) is 13.7 Å². The fourth-order valence-electron chi connectivity index (χ4n) is 4.30. The smallest absolute Gasteiger partial charge is 0.491 e. The molecule has 3 rings (SSSR count). The largest absolute Gasteiger partial charge is 0.494 e. The summed E-state index contributed by atoms with van der Waals surface area (Å²) < 4.78 is 40.0. The second-order valence-corrected chi connectivity index (χ2v) is 10.2. The third kappa shape index (κ3) is 6.81. The van der Waals surface area contributed by atoms with Gasteiger partial charge < -0.3 is 38.1 Å². The highest BCUT2D eigenvalue weighted by Crippen LogP contribution is 2.37. The second-order valence-electron chi connectivity index (χ2n) is 10.2. The van der Waals surface area contributed by atoms with Crippen LogP contribution >= 0.6 is 0 Å². The van der Waals surface area contributed by atoms with Crippen LogP contribution in [0.15, 0.2) is 24.3 Å². The molecule has 4 unspecified atom stereocenters. The Morgan fingerprint density at radius 2 is 1.49 bits per heavy atom. The molecule has 1 aromatic rings. The lowest BCUT2D eigenvalue weighted by Gasteiger charge is -2.44. The molecule has 5 atom stereocenters. The first-order valence-corrected chi connectivity index (χ1v) is 12.1. The Morgan fingerprint density at radius 3 is 1.97 bits per heavy atom. The summed E-state index contributed by atoms with van der Waals surface area (Å²) in [4.78, 5) is 35.2. The number of aliphatic carboxylic acids is 1. The van der Waals surface area contributed by atoms with Crippen LogP contribution in [-0.4, -0.2) is 79.7 Å². The molecular weight excluding hydrogens is 487 g/mol. The maximum atomic E-state index is 11.8. The first-order chi connectivity index (χ1) is 17.2. The summed E-state index contributed by atoms with van der Waals surface area (Å²) in [6, 6.07) is 7.14. The lowest BCUT2D eigenvalue weighted by atomic mass is 9.79. The molecule has 0 spiro atoms. The highest BCUT2D eigenvalue weighted by Gasteiger charge is 2.52. The zero-order valence-corrected chi connectivity index (χ0v) is 22.2. The van der Waals surface area contributed by atoms with Gasteiger partial charge in [0.1, 0.15) is 24.6 Å². The number of carbonyl (C=O) groups is 3. The number of esters is 2. The molecule has 2 aliphatic rings. The zero-order chi connectivity index (χ0) is 27.5. The summed E-state index contributed by atoms with van der Waals surface area (Å²) in [5.41, 5.74) is -0.114. The van der Waals surface area contributed by atoms with Gasteiger partial charge in [-0.15, -0.1) is 0 Å². The minimum atomic E-state index is -1.15. The molecule has 1 N–H and O–H groups in total. The Kier molecular flexibility index (Phi) is 8.89. The monoisotopic (exact) mass is 522 g/mol. The maximum absolute atomic E-state index is 11.8. The lowest BCUT2D eigenvalue weighted by molar-refractivity contribution is -0.289.